The maximum absolute atomic E-state index is 13.2. The van der Waals surface area contributed by atoms with Gasteiger partial charge in [0.2, 0.25) is 9.84 Å². The Hall–Kier alpha value is -1.66. The van der Waals surface area contributed by atoms with Crippen LogP contribution < -0.4 is 4.74 Å². The Morgan fingerprint density at radius 1 is 1.16 bits per heavy atom. The van der Waals surface area contributed by atoms with Crippen LogP contribution in [-0.2, 0) is 9.84 Å². The van der Waals surface area contributed by atoms with Crippen LogP contribution in [0.1, 0.15) is 41.3 Å². The van der Waals surface area contributed by atoms with Crippen molar-refractivity contribution in [3.8, 4) is 5.75 Å². The van der Waals surface area contributed by atoms with Crippen molar-refractivity contribution >= 4 is 31.6 Å². The normalized spacial score (nSPS) is 11.6. The molecule has 0 atom stereocenters. The zero-order valence-electron chi connectivity index (χ0n) is 14.7. The molecule has 0 heterocycles. The second kappa shape index (κ2) is 7.70. The predicted molar refractivity (Wildman–Crippen MR) is 102 cm³/mol. The third-order valence-electron chi connectivity index (χ3n) is 4.00. The average Bonchev–Trinajstić information content (AvgIpc) is 2.60. The zero-order chi connectivity index (χ0) is 18.8. The molecule has 0 aliphatic carbocycles. The summed E-state index contributed by atoms with van der Waals surface area (Å²) in [5.41, 5.74) is 1.87. The number of sulfone groups is 1. The summed E-state index contributed by atoms with van der Waals surface area (Å²) in [6, 6.07) is 9.79. The minimum absolute atomic E-state index is 0.0442. The molecule has 6 heteroatoms. The van der Waals surface area contributed by atoms with Crippen LogP contribution in [0.4, 0.5) is 0 Å². The third kappa shape index (κ3) is 3.96. The van der Waals surface area contributed by atoms with Crippen LogP contribution in [0.25, 0.3) is 0 Å². The quantitative estimate of drug-likeness (QED) is 0.504. The molecule has 0 bridgehead atoms. The SMILES string of the molecule is COc1cc(C(C)C)c(S(=O)(=O)c2ccc(C)cc2)cc1C(=O)CBr. The molecule has 0 aliphatic rings. The maximum Gasteiger partial charge on any atom is 0.206 e. The van der Waals surface area contributed by atoms with Crippen molar-refractivity contribution in [1.82, 2.24) is 0 Å². The van der Waals surface area contributed by atoms with Crippen LogP contribution in [0.15, 0.2) is 46.2 Å². The molecule has 0 N–H and O–H groups in total. The summed E-state index contributed by atoms with van der Waals surface area (Å²) in [5.74, 6) is 0.112. The number of ether oxygens (including phenoxy) is 1. The molecule has 0 radical (unpaired) electrons. The molecule has 0 unspecified atom stereocenters. The smallest absolute Gasteiger partial charge is 0.206 e. The van der Waals surface area contributed by atoms with Gasteiger partial charge in [0.05, 0.1) is 27.8 Å². The van der Waals surface area contributed by atoms with Crippen molar-refractivity contribution in [2.24, 2.45) is 0 Å². The molecule has 0 saturated carbocycles. The summed E-state index contributed by atoms with van der Waals surface area (Å²) in [6.07, 6.45) is 0. The molecule has 0 aromatic heterocycles. The van der Waals surface area contributed by atoms with Crippen LogP contribution in [0.2, 0.25) is 0 Å². The van der Waals surface area contributed by atoms with Gasteiger partial charge in [0.1, 0.15) is 5.75 Å². The zero-order valence-corrected chi connectivity index (χ0v) is 17.1. The van der Waals surface area contributed by atoms with Crippen molar-refractivity contribution in [1.29, 1.82) is 0 Å². The molecule has 0 saturated heterocycles. The summed E-state index contributed by atoms with van der Waals surface area (Å²) < 4.78 is 31.7. The predicted octanol–water partition coefficient (Wildman–Crippen LogP) is 4.54. The average molecular weight is 425 g/mol. The highest BCUT2D eigenvalue weighted by Crippen LogP contribution is 2.35. The Morgan fingerprint density at radius 3 is 2.24 bits per heavy atom. The molecule has 4 nitrogen and oxygen atoms in total. The molecule has 0 spiro atoms. The highest BCUT2D eigenvalue weighted by molar-refractivity contribution is 9.09. The van der Waals surface area contributed by atoms with Crippen LogP contribution in [-0.4, -0.2) is 26.6 Å². The van der Waals surface area contributed by atoms with E-state index >= 15 is 0 Å². The molecular formula is C19H21BrO4S. The van der Waals surface area contributed by atoms with Gasteiger partial charge in [-0.15, -0.1) is 0 Å². The summed E-state index contributed by atoms with van der Waals surface area (Å²) >= 11 is 3.14. The Morgan fingerprint density at radius 2 is 1.76 bits per heavy atom. The molecule has 2 aromatic rings. The number of carbonyl (C=O) groups is 1. The molecule has 2 aromatic carbocycles. The van der Waals surface area contributed by atoms with Crippen LogP contribution in [0.3, 0.4) is 0 Å². The molecule has 0 fully saturated rings. The van der Waals surface area contributed by atoms with Crippen LogP contribution in [0.5, 0.6) is 5.75 Å². The fourth-order valence-electron chi connectivity index (χ4n) is 2.56. The van der Waals surface area contributed by atoms with Crippen molar-refractivity contribution in [2.45, 2.75) is 36.5 Å². The molecule has 0 aliphatic heterocycles. The summed E-state index contributed by atoms with van der Waals surface area (Å²) in [5, 5.41) is 0.0917. The topological polar surface area (TPSA) is 60.4 Å². The first kappa shape index (κ1) is 19.7. The van der Waals surface area contributed by atoms with Gasteiger partial charge in [-0.25, -0.2) is 8.42 Å². The fraction of sp³-hybridized carbons (Fsp3) is 0.316. The van der Waals surface area contributed by atoms with E-state index in [9.17, 15) is 13.2 Å². The van der Waals surface area contributed by atoms with Crippen LogP contribution in [0, 0.1) is 6.92 Å². The van der Waals surface area contributed by atoms with Crippen molar-refractivity contribution in [3.05, 3.63) is 53.1 Å². The number of rotatable bonds is 6. The van der Waals surface area contributed by atoms with E-state index in [2.05, 4.69) is 15.9 Å². The van der Waals surface area contributed by atoms with E-state index in [1.165, 1.54) is 13.2 Å². The lowest BCUT2D eigenvalue weighted by atomic mass is 9.99. The number of aryl methyl sites for hydroxylation is 1. The summed E-state index contributed by atoms with van der Waals surface area (Å²) in [6.45, 7) is 5.72. The Balaban J connectivity index is 2.77. The Bertz CT molecular complexity index is 884. The number of alkyl halides is 1. The largest absolute Gasteiger partial charge is 0.496 e. The Kier molecular flexibility index (Phi) is 6.06. The standard InChI is InChI=1S/C19H21BrO4S/c1-12(2)15-9-18(24-4)16(17(21)11-20)10-19(15)25(22,23)14-7-5-13(3)6-8-14/h5-10,12H,11H2,1-4H3. The highest BCUT2D eigenvalue weighted by atomic mass is 79.9. The molecule has 134 valence electrons. The third-order valence-corrected chi connectivity index (χ3v) is 6.33. The minimum atomic E-state index is -3.74. The number of halogens is 1. The number of Topliss-reactive ketones (excluding diaryl/α,β-unsaturated/α-hetero) is 1. The number of hydrogen-bond donors (Lipinski definition) is 0. The van der Waals surface area contributed by atoms with Gasteiger partial charge in [-0.05, 0) is 42.7 Å². The number of methoxy groups -OCH3 is 1. The van der Waals surface area contributed by atoms with Gasteiger partial charge < -0.3 is 4.74 Å². The number of carbonyl (C=O) groups excluding carboxylic acids is 1. The lowest BCUT2D eigenvalue weighted by Gasteiger charge is -2.17. The second-order valence-electron chi connectivity index (χ2n) is 6.12. The van der Waals surface area contributed by atoms with Gasteiger partial charge in [-0.3, -0.25) is 4.79 Å². The number of benzene rings is 2. The van der Waals surface area contributed by atoms with Crippen molar-refractivity contribution in [3.63, 3.8) is 0 Å². The lowest BCUT2D eigenvalue weighted by molar-refractivity contribution is 0.102. The van der Waals surface area contributed by atoms with E-state index in [1.54, 1.807) is 30.3 Å². The van der Waals surface area contributed by atoms with E-state index in [-0.39, 0.29) is 32.4 Å². The molecular weight excluding hydrogens is 404 g/mol. The first-order valence-corrected chi connectivity index (χ1v) is 10.5. The van der Waals surface area contributed by atoms with E-state index in [4.69, 9.17) is 4.74 Å². The first-order chi connectivity index (χ1) is 11.7. The van der Waals surface area contributed by atoms with Gasteiger partial charge in [0, 0.05) is 0 Å². The first-order valence-electron chi connectivity index (χ1n) is 7.85. The van der Waals surface area contributed by atoms with Gasteiger partial charge in [-0.1, -0.05) is 47.5 Å². The van der Waals surface area contributed by atoms with Gasteiger partial charge in [0.15, 0.2) is 5.78 Å². The summed E-state index contributed by atoms with van der Waals surface area (Å²) in [7, 11) is -2.27. The van der Waals surface area contributed by atoms with Crippen molar-refractivity contribution in [2.75, 3.05) is 12.4 Å². The van der Waals surface area contributed by atoms with E-state index in [0.717, 1.165) is 5.56 Å². The fourth-order valence-corrected chi connectivity index (χ4v) is 4.49. The molecule has 2 rings (SSSR count). The number of ketones is 1. The maximum atomic E-state index is 13.2. The van der Waals surface area contributed by atoms with E-state index in [1.807, 2.05) is 20.8 Å². The molecule has 0 amide bonds. The molecule has 25 heavy (non-hydrogen) atoms. The van der Waals surface area contributed by atoms with Gasteiger partial charge in [0.25, 0.3) is 0 Å². The second-order valence-corrected chi connectivity index (χ2v) is 8.60. The lowest BCUT2D eigenvalue weighted by Crippen LogP contribution is -2.11. The highest BCUT2D eigenvalue weighted by Gasteiger charge is 2.26. The van der Waals surface area contributed by atoms with Gasteiger partial charge >= 0.3 is 0 Å². The monoisotopic (exact) mass is 424 g/mol. The van der Waals surface area contributed by atoms with Crippen molar-refractivity contribution < 1.29 is 17.9 Å². The van der Waals surface area contributed by atoms with Gasteiger partial charge in [-0.2, -0.15) is 0 Å². The number of hydrogen-bond acceptors (Lipinski definition) is 4. The minimum Gasteiger partial charge on any atom is -0.496 e. The van der Waals surface area contributed by atoms with Crippen LogP contribution >= 0.6 is 15.9 Å². The summed E-state index contributed by atoms with van der Waals surface area (Å²) in [4.78, 5) is 12.6. The van der Waals surface area contributed by atoms with E-state index in [0.29, 0.717) is 11.3 Å². The van der Waals surface area contributed by atoms with E-state index < -0.39 is 9.84 Å². The Labute approximate surface area is 157 Å².